The van der Waals surface area contributed by atoms with Crippen LogP contribution in [0.2, 0.25) is 0 Å². The van der Waals surface area contributed by atoms with E-state index in [1.54, 1.807) is 24.3 Å². The van der Waals surface area contributed by atoms with Gasteiger partial charge in [0.25, 0.3) is 5.91 Å². The third kappa shape index (κ3) is 5.76. The lowest BCUT2D eigenvalue weighted by atomic mass is 9.98. The first-order valence-corrected chi connectivity index (χ1v) is 11.8. The number of pyridine rings is 1. The van der Waals surface area contributed by atoms with Crippen molar-refractivity contribution in [1.82, 2.24) is 15.2 Å². The van der Waals surface area contributed by atoms with Crippen LogP contribution in [0.3, 0.4) is 0 Å². The van der Waals surface area contributed by atoms with Crippen molar-refractivity contribution >= 4 is 23.3 Å². The van der Waals surface area contributed by atoms with E-state index in [1.165, 1.54) is 0 Å². The number of ether oxygens (including phenoxy) is 2. The second-order valence-electron chi connectivity index (χ2n) is 9.02. The van der Waals surface area contributed by atoms with Gasteiger partial charge in [0.2, 0.25) is 5.91 Å². The van der Waals surface area contributed by atoms with Crippen LogP contribution in [0, 0.1) is 11.8 Å². The molecule has 0 bridgehead atoms. The molecular weight excluding hydrogens is 410 g/mol. The first-order chi connectivity index (χ1) is 15.6. The Bertz CT molecular complexity index is 799. The van der Waals surface area contributed by atoms with E-state index in [9.17, 15) is 9.59 Å². The number of fused-ring (bicyclic) bond motifs is 1. The van der Waals surface area contributed by atoms with Crippen molar-refractivity contribution < 1.29 is 19.1 Å². The van der Waals surface area contributed by atoms with Gasteiger partial charge < -0.3 is 29.9 Å². The van der Waals surface area contributed by atoms with Crippen LogP contribution in [-0.4, -0.2) is 87.9 Å². The Morgan fingerprint density at radius 2 is 2.16 bits per heavy atom. The number of anilines is 2. The molecular formula is C23H35N5O4. The third-order valence-corrected chi connectivity index (χ3v) is 6.68. The number of nitrogens with zero attached hydrogens (tertiary/aromatic N) is 3. The summed E-state index contributed by atoms with van der Waals surface area (Å²) in [6.07, 6.45) is 5.74. The molecule has 1 unspecified atom stereocenters. The maximum absolute atomic E-state index is 12.9. The Labute approximate surface area is 189 Å². The zero-order chi connectivity index (χ0) is 22.3. The van der Waals surface area contributed by atoms with Gasteiger partial charge in [0.15, 0.2) is 0 Å². The van der Waals surface area contributed by atoms with Gasteiger partial charge in [-0.1, -0.05) is 0 Å². The van der Waals surface area contributed by atoms with Crippen LogP contribution in [0.25, 0.3) is 0 Å². The van der Waals surface area contributed by atoms with E-state index in [-0.39, 0.29) is 18.4 Å². The van der Waals surface area contributed by atoms with E-state index in [2.05, 4.69) is 20.5 Å². The Kier molecular flexibility index (Phi) is 7.94. The predicted octanol–water partition coefficient (Wildman–Crippen LogP) is 1.35. The van der Waals surface area contributed by atoms with Gasteiger partial charge in [-0.3, -0.25) is 9.59 Å². The second kappa shape index (κ2) is 11.1. The molecule has 32 heavy (non-hydrogen) atoms. The molecule has 0 spiro atoms. The third-order valence-electron chi connectivity index (χ3n) is 6.68. The van der Waals surface area contributed by atoms with Crippen molar-refractivity contribution in [3.63, 3.8) is 0 Å². The van der Waals surface area contributed by atoms with Gasteiger partial charge in [0.05, 0.1) is 24.4 Å². The maximum atomic E-state index is 12.9. The standard InChI is InChI=1S/C23H35N5O4/c1-31-10-7-27-6-2-3-18(15-27)12-26-23(30)19-11-20-22(24-13-19)25-14-21(29)28(20)16-17-4-8-32-9-5-17/h11,13,17-18H,2-10,12,14-16H2,1H3,(H,24,25)(H,26,30). The van der Waals surface area contributed by atoms with Crippen LogP contribution in [0.1, 0.15) is 36.0 Å². The van der Waals surface area contributed by atoms with Crippen LogP contribution in [-0.2, 0) is 14.3 Å². The molecule has 4 heterocycles. The van der Waals surface area contributed by atoms with E-state index >= 15 is 0 Å². The molecule has 2 saturated heterocycles. The van der Waals surface area contributed by atoms with Gasteiger partial charge in [-0.05, 0) is 50.1 Å². The Morgan fingerprint density at radius 3 is 2.97 bits per heavy atom. The fraction of sp³-hybridized carbons (Fsp3) is 0.696. The summed E-state index contributed by atoms with van der Waals surface area (Å²) in [5, 5.41) is 6.16. The maximum Gasteiger partial charge on any atom is 0.252 e. The van der Waals surface area contributed by atoms with Crippen molar-refractivity contribution in [1.29, 1.82) is 0 Å². The number of likely N-dealkylation sites (tertiary alicyclic amines) is 1. The molecule has 0 radical (unpaired) electrons. The molecule has 0 saturated carbocycles. The second-order valence-corrected chi connectivity index (χ2v) is 9.02. The van der Waals surface area contributed by atoms with Gasteiger partial charge in [-0.2, -0.15) is 0 Å². The molecule has 1 atom stereocenters. The summed E-state index contributed by atoms with van der Waals surface area (Å²) < 4.78 is 10.6. The highest BCUT2D eigenvalue weighted by Gasteiger charge is 2.29. The first kappa shape index (κ1) is 22.9. The smallest absolute Gasteiger partial charge is 0.252 e. The first-order valence-electron chi connectivity index (χ1n) is 11.8. The number of methoxy groups -OCH3 is 1. The summed E-state index contributed by atoms with van der Waals surface area (Å²) in [7, 11) is 1.72. The molecule has 2 amide bonds. The molecule has 1 aromatic rings. The van der Waals surface area contributed by atoms with Gasteiger partial charge in [-0.25, -0.2) is 4.98 Å². The summed E-state index contributed by atoms with van der Waals surface area (Å²) >= 11 is 0. The SMILES string of the molecule is COCCN1CCCC(CNC(=O)c2cnc3c(c2)N(CC2CCOCC2)C(=O)CN3)C1. The fourth-order valence-electron chi connectivity index (χ4n) is 4.78. The van der Waals surface area contributed by atoms with E-state index in [0.717, 1.165) is 65.1 Å². The van der Waals surface area contributed by atoms with E-state index in [0.29, 0.717) is 42.0 Å². The molecule has 9 nitrogen and oxygen atoms in total. The molecule has 176 valence electrons. The Balaban J connectivity index is 1.37. The zero-order valence-electron chi connectivity index (χ0n) is 19.0. The molecule has 4 rings (SSSR count). The van der Waals surface area contributed by atoms with Crippen molar-refractivity contribution in [2.75, 3.05) is 76.4 Å². The molecule has 0 aliphatic carbocycles. The summed E-state index contributed by atoms with van der Waals surface area (Å²) in [5.74, 6) is 1.38. The molecule has 2 N–H and O–H groups in total. The number of piperidine rings is 1. The lowest BCUT2D eigenvalue weighted by Gasteiger charge is -2.34. The molecule has 2 fully saturated rings. The summed E-state index contributed by atoms with van der Waals surface area (Å²) in [5.41, 5.74) is 1.19. The minimum Gasteiger partial charge on any atom is -0.383 e. The highest BCUT2D eigenvalue weighted by Crippen LogP contribution is 2.30. The summed E-state index contributed by atoms with van der Waals surface area (Å²) in [6.45, 7) is 6.72. The van der Waals surface area contributed by atoms with Crippen LogP contribution in [0.15, 0.2) is 12.3 Å². The number of hydrogen-bond donors (Lipinski definition) is 2. The van der Waals surface area contributed by atoms with Crippen LogP contribution < -0.4 is 15.5 Å². The summed E-state index contributed by atoms with van der Waals surface area (Å²) in [6, 6.07) is 1.80. The predicted molar refractivity (Wildman–Crippen MR) is 122 cm³/mol. The van der Waals surface area contributed by atoms with Gasteiger partial charge in [0.1, 0.15) is 5.82 Å². The van der Waals surface area contributed by atoms with Gasteiger partial charge in [-0.15, -0.1) is 0 Å². The molecule has 0 aromatic carbocycles. The summed E-state index contributed by atoms with van der Waals surface area (Å²) in [4.78, 5) is 34.2. The molecule has 1 aromatic heterocycles. The number of nitrogens with one attached hydrogen (secondary N) is 2. The highest BCUT2D eigenvalue weighted by atomic mass is 16.5. The monoisotopic (exact) mass is 445 g/mol. The molecule has 3 aliphatic rings. The van der Waals surface area contributed by atoms with Crippen molar-refractivity contribution in [2.24, 2.45) is 11.8 Å². The van der Waals surface area contributed by atoms with Crippen molar-refractivity contribution in [3.05, 3.63) is 17.8 Å². The van der Waals surface area contributed by atoms with E-state index in [1.807, 2.05) is 0 Å². The number of amides is 2. The normalized spacial score (nSPS) is 22.3. The van der Waals surface area contributed by atoms with Gasteiger partial charge >= 0.3 is 0 Å². The van der Waals surface area contributed by atoms with Crippen LogP contribution >= 0.6 is 0 Å². The number of rotatable bonds is 8. The Hall–Kier alpha value is -2.23. The lowest BCUT2D eigenvalue weighted by Crippen LogP contribution is -2.44. The lowest BCUT2D eigenvalue weighted by molar-refractivity contribution is -0.117. The average molecular weight is 446 g/mol. The number of hydrogen-bond acceptors (Lipinski definition) is 7. The van der Waals surface area contributed by atoms with Crippen LogP contribution in [0.5, 0.6) is 0 Å². The zero-order valence-corrected chi connectivity index (χ0v) is 19.0. The Morgan fingerprint density at radius 1 is 1.31 bits per heavy atom. The quantitative estimate of drug-likeness (QED) is 0.624. The van der Waals surface area contributed by atoms with E-state index in [4.69, 9.17) is 9.47 Å². The number of carbonyl (C=O) groups is 2. The molecule has 9 heteroatoms. The average Bonchev–Trinajstić information content (AvgIpc) is 2.83. The number of carbonyl (C=O) groups excluding carboxylic acids is 2. The molecule has 3 aliphatic heterocycles. The number of aromatic nitrogens is 1. The van der Waals surface area contributed by atoms with Crippen LogP contribution in [0.4, 0.5) is 11.5 Å². The van der Waals surface area contributed by atoms with Crippen molar-refractivity contribution in [2.45, 2.75) is 25.7 Å². The minimum absolute atomic E-state index is 0.0155. The highest BCUT2D eigenvalue weighted by molar-refractivity contribution is 6.04. The van der Waals surface area contributed by atoms with Crippen molar-refractivity contribution in [3.8, 4) is 0 Å². The minimum atomic E-state index is -0.140. The largest absolute Gasteiger partial charge is 0.383 e. The fourth-order valence-corrected chi connectivity index (χ4v) is 4.78. The van der Waals surface area contributed by atoms with E-state index < -0.39 is 0 Å². The topological polar surface area (TPSA) is 96.0 Å². The van der Waals surface area contributed by atoms with Gasteiger partial charge in [0, 0.05) is 52.7 Å².